The van der Waals surface area contributed by atoms with Crippen molar-refractivity contribution in [2.24, 2.45) is 5.73 Å². The molecule has 0 aliphatic heterocycles. The molecule has 1 fully saturated rings. The van der Waals surface area contributed by atoms with Crippen LogP contribution < -0.4 is 10.5 Å². The van der Waals surface area contributed by atoms with E-state index >= 15 is 0 Å². The van der Waals surface area contributed by atoms with Crippen LogP contribution in [0.3, 0.4) is 0 Å². The summed E-state index contributed by atoms with van der Waals surface area (Å²) < 4.78 is 42.8. The Balaban J connectivity index is 1.80. The van der Waals surface area contributed by atoms with Crippen LogP contribution in [0, 0.1) is 0 Å². The van der Waals surface area contributed by atoms with Gasteiger partial charge in [-0.15, -0.1) is 0 Å². The van der Waals surface area contributed by atoms with E-state index in [4.69, 9.17) is 10.5 Å². The predicted molar refractivity (Wildman–Crippen MR) is 70.5 cm³/mol. The van der Waals surface area contributed by atoms with Crippen molar-refractivity contribution in [3.8, 4) is 5.75 Å². The summed E-state index contributed by atoms with van der Waals surface area (Å²) in [5.41, 5.74) is 6.47. The molecule has 1 aromatic rings. The minimum atomic E-state index is -4.15. The third-order valence-electron chi connectivity index (χ3n) is 3.23. The number of nitrogens with two attached hydrogens (primary N) is 1. The maximum Gasteiger partial charge on any atom is 0.401 e. The molecule has 0 aromatic heterocycles. The van der Waals surface area contributed by atoms with Gasteiger partial charge in [0.2, 0.25) is 0 Å². The van der Waals surface area contributed by atoms with E-state index in [0.717, 1.165) is 18.4 Å². The van der Waals surface area contributed by atoms with E-state index in [9.17, 15) is 13.2 Å². The molecule has 0 saturated heterocycles. The summed E-state index contributed by atoms with van der Waals surface area (Å²) in [6.07, 6.45) is -2.46. The summed E-state index contributed by atoms with van der Waals surface area (Å²) in [6, 6.07) is 7.37. The Hall–Kier alpha value is -1.27. The van der Waals surface area contributed by atoms with Crippen molar-refractivity contribution in [2.45, 2.75) is 31.6 Å². The zero-order chi connectivity index (χ0) is 14.6. The molecule has 0 heterocycles. The Morgan fingerprint density at radius 1 is 1.30 bits per heavy atom. The van der Waals surface area contributed by atoms with Gasteiger partial charge in [-0.2, -0.15) is 13.2 Å². The van der Waals surface area contributed by atoms with Gasteiger partial charge in [0.15, 0.2) is 0 Å². The Morgan fingerprint density at radius 2 is 2.05 bits per heavy atom. The summed E-state index contributed by atoms with van der Waals surface area (Å²) in [4.78, 5) is 1.45. The standard InChI is InChI=1S/C14H19F3N2O/c15-14(16,17)10-19(12-4-5-12)6-7-20-13-3-1-2-11(8-13)9-18/h1-3,8,12H,4-7,9-10,18H2. The molecule has 1 aliphatic carbocycles. The van der Waals surface area contributed by atoms with Crippen molar-refractivity contribution in [1.29, 1.82) is 0 Å². The summed E-state index contributed by atoms with van der Waals surface area (Å²) >= 11 is 0. The molecule has 0 radical (unpaired) electrons. The van der Waals surface area contributed by atoms with Gasteiger partial charge in [-0.1, -0.05) is 12.1 Å². The molecular weight excluding hydrogens is 269 g/mol. The quantitative estimate of drug-likeness (QED) is 0.838. The first-order valence-corrected chi connectivity index (χ1v) is 6.70. The molecule has 20 heavy (non-hydrogen) atoms. The van der Waals surface area contributed by atoms with Crippen LogP contribution in [0.5, 0.6) is 5.75 Å². The van der Waals surface area contributed by atoms with Crippen molar-refractivity contribution in [3.05, 3.63) is 29.8 Å². The van der Waals surface area contributed by atoms with Crippen LogP contribution in [0.25, 0.3) is 0 Å². The van der Waals surface area contributed by atoms with Crippen molar-refractivity contribution < 1.29 is 17.9 Å². The van der Waals surface area contributed by atoms with Crippen LogP contribution in [0.15, 0.2) is 24.3 Å². The molecule has 6 heteroatoms. The molecule has 3 nitrogen and oxygen atoms in total. The summed E-state index contributed by atoms with van der Waals surface area (Å²) in [5.74, 6) is 0.649. The van der Waals surface area contributed by atoms with Gasteiger partial charge in [-0.25, -0.2) is 0 Å². The number of rotatable bonds is 7. The van der Waals surface area contributed by atoms with Crippen molar-refractivity contribution in [1.82, 2.24) is 4.90 Å². The normalized spacial score (nSPS) is 15.7. The fourth-order valence-electron chi connectivity index (χ4n) is 2.10. The third-order valence-corrected chi connectivity index (χ3v) is 3.23. The first kappa shape index (κ1) is 15.1. The lowest BCUT2D eigenvalue weighted by molar-refractivity contribution is -0.147. The van der Waals surface area contributed by atoms with Crippen LogP contribution in [0.4, 0.5) is 13.2 Å². The van der Waals surface area contributed by atoms with E-state index < -0.39 is 12.7 Å². The van der Waals surface area contributed by atoms with Crippen LogP contribution in [0.1, 0.15) is 18.4 Å². The lowest BCUT2D eigenvalue weighted by atomic mass is 10.2. The molecule has 0 spiro atoms. The second-order valence-corrected chi connectivity index (χ2v) is 5.02. The average molecular weight is 288 g/mol. The highest BCUT2D eigenvalue weighted by Gasteiger charge is 2.37. The topological polar surface area (TPSA) is 38.5 Å². The molecule has 0 unspecified atom stereocenters. The van der Waals surface area contributed by atoms with Gasteiger partial charge >= 0.3 is 6.18 Å². The van der Waals surface area contributed by atoms with E-state index in [2.05, 4.69) is 0 Å². The summed E-state index contributed by atoms with van der Waals surface area (Å²) in [5, 5.41) is 0. The van der Waals surface area contributed by atoms with Gasteiger partial charge < -0.3 is 10.5 Å². The van der Waals surface area contributed by atoms with Gasteiger partial charge in [0.05, 0.1) is 6.54 Å². The van der Waals surface area contributed by atoms with Gasteiger partial charge in [-0.05, 0) is 30.5 Å². The minimum absolute atomic E-state index is 0.0654. The number of nitrogens with zero attached hydrogens (tertiary/aromatic N) is 1. The highest BCUT2D eigenvalue weighted by molar-refractivity contribution is 5.28. The molecular formula is C14H19F3N2O. The van der Waals surface area contributed by atoms with E-state index in [1.54, 1.807) is 6.07 Å². The summed E-state index contributed by atoms with van der Waals surface area (Å²) in [6.45, 7) is 0.0982. The van der Waals surface area contributed by atoms with Gasteiger partial charge in [0.1, 0.15) is 12.4 Å². The van der Waals surface area contributed by atoms with Gasteiger partial charge in [-0.3, -0.25) is 4.90 Å². The van der Waals surface area contributed by atoms with Gasteiger partial charge in [0, 0.05) is 19.1 Å². The number of halogens is 3. The van der Waals surface area contributed by atoms with E-state index in [1.165, 1.54) is 4.90 Å². The van der Waals surface area contributed by atoms with Gasteiger partial charge in [0.25, 0.3) is 0 Å². The zero-order valence-corrected chi connectivity index (χ0v) is 11.2. The second-order valence-electron chi connectivity index (χ2n) is 5.02. The molecule has 112 valence electrons. The first-order valence-electron chi connectivity index (χ1n) is 6.70. The number of benzene rings is 1. The lowest BCUT2D eigenvalue weighted by Gasteiger charge is -2.23. The van der Waals surface area contributed by atoms with Crippen molar-refractivity contribution in [3.63, 3.8) is 0 Å². The predicted octanol–water partition coefficient (Wildman–Crippen LogP) is 2.55. The van der Waals surface area contributed by atoms with Crippen LogP contribution in [0.2, 0.25) is 0 Å². The SMILES string of the molecule is NCc1cccc(OCCN(CC(F)(F)F)C2CC2)c1. The monoisotopic (exact) mass is 288 g/mol. The van der Waals surface area contributed by atoms with E-state index in [-0.39, 0.29) is 19.2 Å². The van der Waals surface area contributed by atoms with E-state index in [0.29, 0.717) is 12.3 Å². The molecule has 2 rings (SSSR count). The number of alkyl halides is 3. The van der Waals surface area contributed by atoms with Crippen LogP contribution in [-0.4, -0.2) is 36.8 Å². The Bertz CT molecular complexity index is 433. The molecule has 1 aromatic carbocycles. The average Bonchev–Trinajstić information content (AvgIpc) is 3.21. The lowest BCUT2D eigenvalue weighted by Crippen LogP contribution is -2.38. The highest BCUT2D eigenvalue weighted by Crippen LogP contribution is 2.29. The fourth-order valence-corrected chi connectivity index (χ4v) is 2.10. The second kappa shape index (κ2) is 6.45. The number of hydrogen-bond acceptors (Lipinski definition) is 3. The summed E-state index contributed by atoms with van der Waals surface area (Å²) in [7, 11) is 0. The smallest absolute Gasteiger partial charge is 0.401 e. The van der Waals surface area contributed by atoms with Crippen LogP contribution >= 0.6 is 0 Å². The zero-order valence-electron chi connectivity index (χ0n) is 11.2. The first-order chi connectivity index (χ1) is 9.48. The maximum absolute atomic E-state index is 12.4. The molecule has 1 aliphatic rings. The maximum atomic E-state index is 12.4. The Kier molecular flexibility index (Phi) is 4.88. The highest BCUT2D eigenvalue weighted by atomic mass is 19.4. The molecule has 1 saturated carbocycles. The molecule has 0 bridgehead atoms. The molecule has 0 atom stereocenters. The Labute approximate surface area is 116 Å². The van der Waals surface area contributed by atoms with Crippen LogP contribution in [-0.2, 0) is 6.54 Å². The van der Waals surface area contributed by atoms with Crippen molar-refractivity contribution in [2.75, 3.05) is 19.7 Å². The Morgan fingerprint density at radius 3 is 2.65 bits per heavy atom. The molecule has 0 amide bonds. The number of ether oxygens (including phenoxy) is 1. The van der Waals surface area contributed by atoms with Crippen molar-refractivity contribution >= 4 is 0 Å². The largest absolute Gasteiger partial charge is 0.492 e. The minimum Gasteiger partial charge on any atom is -0.492 e. The number of hydrogen-bond donors (Lipinski definition) is 1. The third kappa shape index (κ3) is 5.02. The van der Waals surface area contributed by atoms with E-state index in [1.807, 2.05) is 18.2 Å². The fraction of sp³-hybridized carbons (Fsp3) is 0.571. The molecule has 2 N–H and O–H groups in total.